The molecule has 2 fully saturated rings. The zero-order valence-corrected chi connectivity index (χ0v) is 15.1. The molecule has 3 heterocycles. The van der Waals surface area contributed by atoms with Crippen molar-refractivity contribution in [3.63, 3.8) is 0 Å². The van der Waals surface area contributed by atoms with Crippen LogP contribution in [0.2, 0.25) is 0 Å². The third kappa shape index (κ3) is 3.41. The zero-order chi connectivity index (χ0) is 18.1. The van der Waals surface area contributed by atoms with Crippen LogP contribution in [0.3, 0.4) is 0 Å². The summed E-state index contributed by atoms with van der Waals surface area (Å²) in [4.78, 5) is 26.9. The maximum Gasteiger partial charge on any atom is 0.419 e. The first-order valence-electron chi connectivity index (χ1n) is 9.33. The van der Waals surface area contributed by atoms with E-state index in [-0.39, 0.29) is 24.4 Å². The molecule has 1 N–H and O–H groups in total. The molecule has 0 spiro atoms. The third-order valence-corrected chi connectivity index (χ3v) is 5.39. The molecule has 0 aliphatic carbocycles. The van der Waals surface area contributed by atoms with Crippen LogP contribution in [0.5, 0.6) is 0 Å². The highest BCUT2D eigenvalue weighted by atomic mass is 16.5. The zero-order valence-electron chi connectivity index (χ0n) is 15.1. The van der Waals surface area contributed by atoms with E-state index in [1.54, 1.807) is 6.07 Å². The lowest BCUT2D eigenvalue weighted by Gasteiger charge is -2.27. The number of oxazole rings is 1. The highest BCUT2D eigenvalue weighted by Crippen LogP contribution is 2.19. The van der Waals surface area contributed by atoms with Gasteiger partial charge >= 0.3 is 5.76 Å². The minimum atomic E-state index is -0.419. The van der Waals surface area contributed by atoms with E-state index in [4.69, 9.17) is 9.15 Å². The number of amides is 1. The number of hydrogen-bond acceptors (Lipinski definition) is 5. The Morgan fingerprint density at radius 1 is 1.27 bits per heavy atom. The Morgan fingerprint density at radius 2 is 2.08 bits per heavy atom. The van der Waals surface area contributed by atoms with Gasteiger partial charge < -0.3 is 14.5 Å². The molecule has 0 bridgehead atoms. The molecule has 2 atom stereocenters. The molecule has 1 aromatic heterocycles. The van der Waals surface area contributed by atoms with Gasteiger partial charge in [-0.3, -0.25) is 14.3 Å². The number of ether oxygens (including phenoxy) is 1. The number of aryl methyl sites for hydroxylation is 2. The standard InChI is InChI=1S/C19H25N3O4/c1-13-4-5-17-15(10-13)22(19(24)26-17)9-6-18(23)20-14-11-25-12-16(14)21-7-2-3-8-21/h4-5,10,14,16H,2-3,6-9,11-12H2,1H3,(H,20,23)/t14-,16-/m1/s1. The molecule has 0 saturated carbocycles. The molecule has 2 saturated heterocycles. The van der Waals surface area contributed by atoms with Gasteiger partial charge in [-0.15, -0.1) is 0 Å². The van der Waals surface area contributed by atoms with Crippen LogP contribution >= 0.6 is 0 Å². The van der Waals surface area contributed by atoms with E-state index in [0.717, 1.165) is 24.2 Å². The Labute approximate surface area is 151 Å². The van der Waals surface area contributed by atoms with E-state index >= 15 is 0 Å². The summed E-state index contributed by atoms with van der Waals surface area (Å²) in [7, 11) is 0. The maximum absolute atomic E-state index is 12.4. The number of benzene rings is 1. The summed E-state index contributed by atoms with van der Waals surface area (Å²) in [5, 5.41) is 3.10. The van der Waals surface area contributed by atoms with Crippen molar-refractivity contribution in [1.82, 2.24) is 14.8 Å². The van der Waals surface area contributed by atoms with Crippen LogP contribution < -0.4 is 11.1 Å². The Morgan fingerprint density at radius 3 is 2.88 bits per heavy atom. The highest BCUT2D eigenvalue weighted by molar-refractivity contribution is 5.77. The quantitative estimate of drug-likeness (QED) is 0.870. The number of nitrogens with zero attached hydrogens (tertiary/aromatic N) is 2. The van der Waals surface area contributed by atoms with Crippen molar-refractivity contribution in [2.24, 2.45) is 0 Å². The van der Waals surface area contributed by atoms with Crippen LogP contribution in [0.15, 0.2) is 27.4 Å². The second-order valence-electron chi connectivity index (χ2n) is 7.26. The maximum atomic E-state index is 12.4. The fourth-order valence-electron chi connectivity index (χ4n) is 3.99. The normalized spacial score (nSPS) is 23.7. The van der Waals surface area contributed by atoms with Gasteiger partial charge in [0.25, 0.3) is 0 Å². The summed E-state index contributed by atoms with van der Waals surface area (Å²) < 4.78 is 12.4. The van der Waals surface area contributed by atoms with Gasteiger partial charge in [0.1, 0.15) is 0 Å². The van der Waals surface area contributed by atoms with Crippen LogP contribution in [0.4, 0.5) is 0 Å². The van der Waals surface area contributed by atoms with Crippen molar-refractivity contribution in [1.29, 1.82) is 0 Å². The van der Waals surface area contributed by atoms with Gasteiger partial charge in [0, 0.05) is 13.0 Å². The van der Waals surface area contributed by atoms with Crippen LogP contribution in [0, 0.1) is 6.92 Å². The van der Waals surface area contributed by atoms with E-state index in [2.05, 4.69) is 10.2 Å². The Kier molecular flexibility index (Phi) is 4.82. The molecule has 7 heteroatoms. The molecule has 1 aromatic carbocycles. The van der Waals surface area contributed by atoms with Gasteiger partial charge in [-0.2, -0.15) is 0 Å². The van der Waals surface area contributed by atoms with E-state index in [1.165, 1.54) is 17.4 Å². The highest BCUT2D eigenvalue weighted by Gasteiger charge is 2.35. The van der Waals surface area contributed by atoms with E-state index in [9.17, 15) is 9.59 Å². The predicted octanol–water partition coefficient (Wildman–Crippen LogP) is 1.27. The molecule has 4 rings (SSSR count). The van der Waals surface area contributed by atoms with Gasteiger partial charge in [0.05, 0.1) is 30.8 Å². The number of likely N-dealkylation sites (tertiary alicyclic amines) is 1. The first-order chi connectivity index (χ1) is 12.6. The fraction of sp³-hybridized carbons (Fsp3) is 0.579. The fourth-order valence-corrected chi connectivity index (χ4v) is 3.99. The van der Waals surface area contributed by atoms with Crippen molar-refractivity contribution in [3.8, 4) is 0 Å². The summed E-state index contributed by atoms with van der Waals surface area (Å²) in [6.45, 7) is 5.67. The molecular weight excluding hydrogens is 334 g/mol. The molecule has 1 amide bonds. The smallest absolute Gasteiger partial charge is 0.408 e. The summed E-state index contributed by atoms with van der Waals surface area (Å²) in [6.07, 6.45) is 2.67. The topological polar surface area (TPSA) is 76.7 Å². The molecule has 0 unspecified atom stereocenters. The molecular formula is C19H25N3O4. The van der Waals surface area contributed by atoms with Crippen molar-refractivity contribution >= 4 is 17.0 Å². The van der Waals surface area contributed by atoms with E-state index in [0.29, 0.717) is 25.3 Å². The van der Waals surface area contributed by atoms with Gasteiger partial charge in [-0.25, -0.2) is 4.79 Å². The molecule has 2 aliphatic rings. The van der Waals surface area contributed by atoms with Gasteiger partial charge in [-0.1, -0.05) is 6.07 Å². The first-order valence-corrected chi connectivity index (χ1v) is 9.33. The number of aromatic nitrogens is 1. The average molecular weight is 359 g/mol. The summed E-state index contributed by atoms with van der Waals surface area (Å²) in [5.74, 6) is -0.476. The molecule has 26 heavy (non-hydrogen) atoms. The number of nitrogens with one attached hydrogen (secondary N) is 1. The summed E-state index contributed by atoms with van der Waals surface area (Å²) in [5.41, 5.74) is 2.34. The number of fused-ring (bicyclic) bond motifs is 1. The van der Waals surface area contributed by atoms with Crippen molar-refractivity contribution in [3.05, 3.63) is 34.3 Å². The van der Waals surface area contributed by atoms with E-state index < -0.39 is 5.76 Å². The summed E-state index contributed by atoms with van der Waals surface area (Å²) >= 11 is 0. The average Bonchev–Trinajstić information content (AvgIpc) is 3.32. The van der Waals surface area contributed by atoms with Crippen molar-refractivity contribution in [2.75, 3.05) is 26.3 Å². The largest absolute Gasteiger partial charge is 0.419 e. The van der Waals surface area contributed by atoms with Crippen LogP contribution in [0.1, 0.15) is 24.8 Å². The second-order valence-corrected chi connectivity index (χ2v) is 7.26. The second kappa shape index (κ2) is 7.25. The van der Waals surface area contributed by atoms with Gasteiger partial charge in [0.2, 0.25) is 5.91 Å². The van der Waals surface area contributed by atoms with Crippen LogP contribution in [-0.2, 0) is 16.1 Å². The van der Waals surface area contributed by atoms with E-state index in [1.807, 2.05) is 19.1 Å². The monoisotopic (exact) mass is 359 g/mol. The van der Waals surface area contributed by atoms with Gasteiger partial charge in [0.15, 0.2) is 5.58 Å². The lowest BCUT2D eigenvalue weighted by molar-refractivity contribution is -0.122. The molecule has 2 aromatic rings. The Hall–Kier alpha value is -2.12. The third-order valence-electron chi connectivity index (χ3n) is 5.39. The van der Waals surface area contributed by atoms with Crippen molar-refractivity contribution < 1.29 is 13.9 Å². The first kappa shape index (κ1) is 17.3. The minimum Gasteiger partial charge on any atom is -0.408 e. The van der Waals surface area contributed by atoms with Crippen LogP contribution in [0.25, 0.3) is 11.1 Å². The lowest BCUT2D eigenvalue weighted by atomic mass is 10.1. The van der Waals surface area contributed by atoms with Crippen LogP contribution in [-0.4, -0.2) is 53.8 Å². The number of carbonyl (C=O) groups is 1. The number of carbonyl (C=O) groups excluding carboxylic acids is 1. The Bertz CT molecular complexity index is 850. The van der Waals surface area contributed by atoms with Gasteiger partial charge in [-0.05, 0) is 50.6 Å². The summed E-state index contributed by atoms with van der Waals surface area (Å²) in [6, 6.07) is 5.90. The molecule has 7 nitrogen and oxygen atoms in total. The molecule has 0 radical (unpaired) electrons. The molecule has 140 valence electrons. The number of rotatable bonds is 5. The predicted molar refractivity (Wildman–Crippen MR) is 97.2 cm³/mol. The van der Waals surface area contributed by atoms with Crippen molar-refractivity contribution in [2.45, 2.75) is 44.8 Å². The minimum absolute atomic E-state index is 0.0284. The SMILES string of the molecule is Cc1ccc2oc(=O)n(CCC(=O)N[C@@H]3COC[C@H]3N3CCCC3)c2c1. The Balaban J connectivity index is 1.39. The molecule has 2 aliphatic heterocycles. The number of hydrogen-bond donors (Lipinski definition) is 1. The lowest BCUT2D eigenvalue weighted by Crippen LogP contribution is -2.50.